The van der Waals surface area contributed by atoms with Gasteiger partial charge in [-0.1, -0.05) is 19.3 Å². The highest BCUT2D eigenvalue weighted by Crippen LogP contribution is 2.31. The lowest BCUT2D eigenvalue weighted by Gasteiger charge is -2.35. The maximum absolute atomic E-state index is 12.9. The van der Waals surface area contributed by atoms with Crippen molar-refractivity contribution < 1.29 is 13.6 Å². The van der Waals surface area contributed by atoms with Crippen LogP contribution in [0.15, 0.2) is 0 Å². The van der Waals surface area contributed by atoms with Crippen LogP contribution in [0.3, 0.4) is 0 Å². The van der Waals surface area contributed by atoms with Gasteiger partial charge >= 0.3 is 0 Å². The molecule has 0 spiro atoms. The standard InChI is InChI=1S/C12H19F2NO/c13-12(14)6-8-15(9-7-12)11(16)10-4-2-1-3-5-10/h10H,1-9H2. The van der Waals surface area contributed by atoms with E-state index in [-0.39, 0.29) is 37.8 Å². The van der Waals surface area contributed by atoms with Crippen LogP contribution in [0, 0.1) is 5.92 Å². The summed E-state index contributed by atoms with van der Waals surface area (Å²) in [7, 11) is 0. The predicted octanol–water partition coefficient (Wildman–Crippen LogP) is 2.82. The second-order valence-electron chi connectivity index (χ2n) is 5.02. The van der Waals surface area contributed by atoms with Crippen LogP contribution in [0.5, 0.6) is 0 Å². The molecule has 0 unspecified atom stereocenters. The number of alkyl halides is 2. The monoisotopic (exact) mass is 231 g/mol. The van der Waals surface area contributed by atoms with Crippen molar-refractivity contribution in [3.63, 3.8) is 0 Å². The van der Waals surface area contributed by atoms with Crippen LogP contribution in [-0.2, 0) is 4.79 Å². The zero-order chi connectivity index (χ0) is 11.6. The maximum Gasteiger partial charge on any atom is 0.251 e. The van der Waals surface area contributed by atoms with Crippen LogP contribution < -0.4 is 0 Å². The molecule has 2 aliphatic rings. The first-order chi connectivity index (χ1) is 7.58. The fourth-order valence-corrected chi connectivity index (χ4v) is 2.66. The molecule has 1 heterocycles. The number of hydrogen-bond donors (Lipinski definition) is 0. The van der Waals surface area contributed by atoms with Crippen LogP contribution in [0.4, 0.5) is 8.78 Å². The van der Waals surface area contributed by atoms with Gasteiger partial charge in [0.25, 0.3) is 5.92 Å². The van der Waals surface area contributed by atoms with Crippen molar-refractivity contribution in [1.82, 2.24) is 4.90 Å². The van der Waals surface area contributed by atoms with Crippen LogP contribution in [-0.4, -0.2) is 29.8 Å². The molecule has 0 radical (unpaired) electrons. The molecular formula is C12H19F2NO. The minimum atomic E-state index is -2.55. The number of amides is 1. The first-order valence-electron chi connectivity index (χ1n) is 6.25. The number of rotatable bonds is 1. The molecule has 4 heteroatoms. The van der Waals surface area contributed by atoms with E-state index in [9.17, 15) is 13.6 Å². The fourth-order valence-electron chi connectivity index (χ4n) is 2.66. The highest BCUT2D eigenvalue weighted by atomic mass is 19.3. The van der Waals surface area contributed by atoms with Gasteiger partial charge in [0.15, 0.2) is 0 Å². The molecule has 16 heavy (non-hydrogen) atoms. The third-order valence-electron chi connectivity index (χ3n) is 3.76. The molecule has 2 fully saturated rings. The lowest BCUT2D eigenvalue weighted by Crippen LogP contribution is -2.45. The smallest absolute Gasteiger partial charge is 0.251 e. The van der Waals surface area contributed by atoms with E-state index in [2.05, 4.69) is 0 Å². The Hall–Kier alpha value is -0.670. The van der Waals surface area contributed by atoms with Crippen LogP contribution >= 0.6 is 0 Å². The minimum absolute atomic E-state index is 0.112. The van der Waals surface area contributed by atoms with E-state index in [4.69, 9.17) is 0 Å². The van der Waals surface area contributed by atoms with Gasteiger partial charge in [0.1, 0.15) is 0 Å². The Morgan fingerprint density at radius 1 is 1.06 bits per heavy atom. The van der Waals surface area contributed by atoms with Gasteiger partial charge in [-0.15, -0.1) is 0 Å². The Labute approximate surface area is 95.0 Å². The molecule has 1 saturated heterocycles. The van der Waals surface area contributed by atoms with Crippen molar-refractivity contribution in [2.24, 2.45) is 5.92 Å². The van der Waals surface area contributed by atoms with E-state index in [0.29, 0.717) is 0 Å². The Balaban J connectivity index is 1.86. The van der Waals surface area contributed by atoms with Gasteiger partial charge in [-0.3, -0.25) is 4.79 Å². The zero-order valence-electron chi connectivity index (χ0n) is 9.55. The van der Waals surface area contributed by atoms with Gasteiger partial charge in [-0.2, -0.15) is 0 Å². The molecule has 0 aromatic heterocycles. The summed E-state index contributed by atoms with van der Waals surface area (Å²) >= 11 is 0. The van der Waals surface area contributed by atoms with Crippen molar-refractivity contribution in [3.05, 3.63) is 0 Å². The second kappa shape index (κ2) is 4.68. The predicted molar refractivity (Wildman–Crippen MR) is 57.3 cm³/mol. The van der Waals surface area contributed by atoms with Crippen molar-refractivity contribution in [3.8, 4) is 0 Å². The Kier molecular flexibility index (Phi) is 3.45. The first kappa shape index (κ1) is 11.8. The SMILES string of the molecule is O=C(C1CCCCC1)N1CCC(F)(F)CC1. The fraction of sp³-hybridized carbons (Fsp3) is 0.917. The Bertz CT molecular complexity index is 252. The molecule has 0 aromatic carbocycles. The number of carbonyl (C=O) groups is 1. The van der Waals surface area contributed by atoms with Gasteiger partial charge in [0.2, 0.25) is 5.91 Å². The molecule has 1 saturated carbocycles. The summed E-state index contributed by atoms with van der Waals surface area (Å²) in [6, 6.07) is 0. The molecule has 1 amide bonds. The largest absolute Gasteiger partial charge is 0.342 e. The van der Waals surface area contributed by atoms with Gasteiger partial charge < -0.3 is 4.90 Å². The van der Waals surface area contributed by atoms with Gasteiger partial charge in [-0.25, -0.2) is 8.78 Å². The summed E-state index contributed by atoms with van der Waals surface area (Å²) in [5.41, 5.74) is 0. The Morgan fingerprint density at radius 2 is 1.62 bits per heavy atom. The van der Waals surface area contributed by atoms with Crippen LogP contribution in [0.1, 0.15) is 44.9 Å². The van der Waals surface area contributed by atoms with Crippen LogP contribution in [0.25, 0.3) is 0 Å². The van der Waals surface area contributed by atoms with Crippen molar-refractivity contribution in [2.45, 2.75) is 50.9 Å². The molecule has 0 N–H and O–H groups in total. The summed E-state index contributed by atoms with van der Waals surface area (Å²) in [5.74, 6) is -2.32. The molecule has 1 aliphatic heterocycles. The van der Waals surface area contributed by atoms with Crippen LogP contribution in [0.2, 0.25) is 0 Å². The summed E-state index contributed by atoms with van der Waals surface area (Å²) in [4.78, 5) is 13.7. The number of halogens is 2. The van der Waals surface area contributed by atoms with E-state index >= 15 is 0 Å². The molecule has 92 valence electrons. The molecule has 0 bridgehead atoms. The summed E-state index contributed by atoms with van der Waals surface area (Å²) in [6.45, 7) is 0.477. The van der Waals surface area contributed by atoms with E-state index < -0.39 is 5.92 Å². The average Bonchev–Trinajstić information content (AvgIpc) is 2.29. The third-order valence-corrected chi connectivity index (χ3v) is 3.76. The molecule has 0 aromatic rings. The molecular weight excluding hydrogens is 212 g/mol. The number of hydrogen-bond acceptors (Lipinski definition) is 1. The minimum Gasteiger partial charge on any atom is -0.342 e. The average molecular weight is 231 g/mol. The van der Waals surface area contributed by atoms with Crippen molar-refractivity contribution in [1.29, 1.82) is 0 Å². The highest BCUT2D eigenvalue weighted by molar-refractivity contribution is 5.79. The molecule has 2 nitrogen and oxygen atoms in total. The van der Waals surface area contributed by atoms with E-state index in [0.717, 1.165) is 25.7 Å². The molecule has 1 aliphatic carbocycles. The quantitative estimate of drug-likeness (QED) is 0.679. The second-order valence-corrected chi connectivity index (χ2v) is 5.02. The summed E-state index contributed by atoms with van der Waals surface area (Å²) in [6.07, 6.45) is 5.01. The number of piperidine rings is 1. The number of carbonyl (C=O) groups excluding carboxylic acids is 1. The van der Waals surface area contributed by atoms with Crippen molar-refractivity contribution in [2.75, 3.05) is 13.1 Å². The van der Waals surface area contributed by atoms with E-state index in [1.807, 2.05) is 0 Å². The lowest BCUT2D eigenvalue weighted by atomic mass is 9.88. The van der Waals surface area contributed by atoms with Gasteiger partial charge in [-0.05, 0) is 12.8 Å². The number of likely N-dealkylation sites (tertiary alicyclic amines) is 1. The lowest BCUT2D eigenvalue weighted by molar-refractivity contribution is -0.142. The normalized spacial score (nSPS) is 26.8. The van der Waals surface area contributed by atoms with Gasteiger partial charge in [0.05, 0.1) is 0 Å². The first-order valence-corrected chi connectivity index (χ1v) is 6.25. The summed E-state index contributed by atoms with van der Waals surface area (Å²) < 4.78 is 25.9. The zero-order valence-corrected chi connectivity index (χ0v) is 9.55. The van der Waals surface area contributed by atoms with Gasteiger partial charge in [0, 0.05) is 31.8 Å². The topological polar surface area (TPSA) is 20.3 Å². The Morgan fingerprint density at radius 3 is 2.19 bits per heavy atom. The molecule has 2 rings (SSSR count). The maximum atomic E-state index is 12.9. The van der Waals surface area contributed by atoms with E-state index in [1.54, 1.807) is 4.90 Å². The molecule has 0 atom stereocenters. The summed E-state index contributed by atoms with van der Waals surface area (Å²) in [5, 5.41) is 0. The van der Waals surface area contributed by atoms with E-state index in [1.165, 1.54) is 6.42 Å². The van der Waals surface area contributed by atoms with Crippen molar-refractivity contribution >= 4 is 5.91 Å². The highest BCUT2D eigenvalue weighted by Gasteiger charge is 2.37. The third kappa shape index (κ3) is 2.71. The number of nitrogens with zero attached hydrogens (tertiary/aromatic N) is 1.